The maximum atomic E-state index is 12.1. The van der Waals surface area contributed by atoms with Gasteiger partial charge < -0.3 is 18.9 Å². The lowest BCUT2D eigenvalue weighted by molar-refractivity contribution is 0.0598. The Kier molecular flexibility index (Phi) is 5.98. The van der Waals surface area contributed by atoms with Crippen LogP contribution in [0.3, 0.4) is 0 Å². The summed E-state index contributed by atoms with van der Waals surface area (Å²) < 4.78 is 22.4. The fourth-order valence-corrected chi connectivity index (χ4v) is 3.18. The van der Waals surface area contributed by atoms with Gasteiger partial charge in [0.1, 0.15) is 23.7 Å². The SMILES string of the molecule is COC(=O)c1ccccc1Oc1ccnc2cc(OCc3ccccc3)c(OC)cc12. The summed E-state index contributed by atoms with van der Waals surface area (Å²) in [7, 11) is 2.92. The zero-order chi connectivity index (χ0) is 21.6. The lowest BCUT2D eigenvalue weighted by atomic mass is 10.1. The first-order valence-corrected chi connectivity index (χ1v) is 9.68. The number of carbonyl (C=O) groups is 1. The molecule has 0 aliphatic carbocycles. The molecule has 0 N–H and O–H groups in total. The van der Waals surface area contributed by atoms with E-state index in [1.807, 2.05) is 42.5 Å². The van der Waals surface area contributed by atoms with Gasteiger partial charge in [0, 0.05) is 17.6 Å². The third kappa shape index (κ3) is 4.43. The zero-order valence-corrected chi connectivity index (χ0v) is 17.2. The largest absolute Gasteiger partial charge is 0.493 e. The van der Waals surface area contributed by atoms with Gasteiger partial charge in [-0.05, 0) is 29.8 Å². The van der Waals surface area contributed by atoms with Gasteiger partial charge in [-0.25, -0.2) is 4.79 Å². The molecule has 0 fully saturated rings. The smallest absolute Gasteiger partial charge is 0.341 e. The topological polar surface area (TPSA) is 66.9 Å². The van der Waals surface area contributed by atoms with Gasteiger partial charge in [0.25, 0.3) is 0 Å². The van der Waals surface area contributed by atoms with Crippen LogP contribution in [-0.4, -0.2) is 25.2 Å². The van der Waals surface area contributed by atoms with E-state index in [4.69, 9.17) is 18.9 Å². The van der Waals surface area contributed by atoms with Gasteiger partial charge in [0.05, 0.1) is 19.7 Å². The van der Waals surface area contributed by atoms with Gasteiger partial charge in [-0.15, -0.1) is 0 Å². The molecule has 4 aromatic rings. The van der Waals surface area contributed by atoms with Crippen LogP contribution in [-0.2, 0) is 11.3 Å². The number of aromatic nitrogens is 1. The number of pyridine rings is 1. The molecule has 4 rings (SSSR count). The van der Waals surface area contributed by atoms with Crippen molar-refractivity contribution in [2.24, 2.45) is 0 Å². The van der Waals surface area contributed by atoms with Gasteiger partial charge in [-0.3, -0.25) is 4.98 Å². The molecule has 6 heteroatoms. The Balaban J connectivity index is 1.68. The number of esters is 1. The van der Waals surface area contributed by atoms with Gasteiger partial charge >= 0.3 is 5.97 Å². The highest BCUT2D eigenvalue weighted by atomic mass is 16.5. The Bertz CT molecular complexity index is 1210. The average Bonchev–Trinajstić information content (AvgIpc) is 2.83. The molecule has 0 unspecified atom stereocenters. The number of fused-ring (bicyclic) bond motifs is 1. The number of carbonyl (C=O) groups excluding carboxylic acids is 1. The second-order valence-electron chi connectivity index (χ2n) is 6.69. The van der Waals surface area contributed by atoms with Crippen molar-refractivity contribution >= 4 is 16.9 Å². The molecule has 0 aliphatic rings. The summed E-state index contributed by atoms with van der Waals surface area (Å²) in [5, 5.41) is 0.728. The minimum Gasteiger partial charge on any atom is -0.493 e. The fraction of sp³-hybridized carbons (Fsp3) is 0.120. The Hall–Kier alpha value is -4.06. The Morgan fingerprint density at radius 3 is 2.39 bits per heavy atom. The third-order valence-corrected chi connectivity index (χ3v) is 4.74. The first-order valence-electron chi connectivity index (χ1n) is 9.68. The quantitative estimate of drug-likeness (QED) is 0.377. The number of hydrogen-bond acceptors (Lipinski definition) is 6. The maximum absolute atomic E-state index is 12.1. The molecule has 0 aliphatic heterocycles. The average molecular weight is 415 g/mol. The Morgan fingerprint density at radius 2 is 1.61 bits per heavy atom. The minimum atomic E-state index is -0.469. The normalized spacial score (nSPS) is 10.5. The molecule has 0 amide bonds. The van der Waals surface area contributed by atoms with Crippen molar-refractivity contribution in [3.63, 3.8) is 0 Å². The van der Waals surface area contributed by atoms with Crippen molar-refractivity contribution in [2.45, 2.75) is 6.61 Å². The Morgan fingerprint density at radius 1 is 0.839 bits per heavy atom. The summed E-state index contributed by atoms with van der Waals surface area (Å²) in [5.41, 5.74) is 2.07. The van der Waals surface area contributed by atoms with Crippen molar-refractivity contribution < 1.29 is 23.7 Å². The molecular formula is C25H21NO5. The molecule has 0 saturated heterocycles. The summed E-state index contributed by atoms with van der Waals surface area (Å²) in [4.78, 5) is 16.5. The standard InChI is InChI=1S/C25H21NO5/c1-28-23-14-19-20(15-24(23)30-16-17-8-4-3-5-9-17)26-13-12-22(19)31-21-11-7-6-10-18(21)25(27)29-2/h3-15H,16H2,1-2H3. The fourth-order valence-electron chi connectivity index (χ4n) is 3.18. The van der Waals surface area contributed by atoms with E-state index in [9.17, 15) is 4.79 Å². The number of para-hydroxylation sites is 1. The number of nitrogens with zero attached hydrogens (tertiary/aromatic N) is 1. The number of rotatable bonds is 7. The van der Waals surface area contributed by atoms with E-state index in [2.05, 4.69) is 4.98 Å². The first kappa shape index (κ1) is 20.2. The van der Waals surface area contributed by atoms with Crippen LogP contribution >= 0.6 is 0 Å². The van der Waals surface area contributed by atoms with Crippen molar-refractivity contribution in [2.75, 3.05) is 14.2 Å². The predicted molar refractivity (Wildman–Crippen MR) is 117 cm³/mol. The molecule has 3 aromatic carbocycles. The molecule has 0 atom stereocenters. The second-order valence-corrected chi connectivity index (χ2v) is 6.69. The monoisotopic (exact) mass is 415 g/mol. The number of hydrogen-bond donors (Lipinski definition) is 0. The molecule has 1 heterocycles. The minimum absolute atomic E-state index is 0.338. The van der Waals surface area contributed by atoms with Crippen LogP contribution in [0.5, 0.6) is 23.0 Å². The van der Waals surface area contributed by atoms with E-state index in [1.54, 1.807) is 43.6 Å². The number of methoxy groups -OCH3 is 2. The molecular weight excluding hydrogens is 394 g/mol. The van der Waals surface area contributed by atoms with E-state index in [1.165, 1.54) is 7.11 Å². The van der Waals surface area contributed by atoms with Gasteiger partial charge in [0.15, 0.2) is 11.5 Å². The van der Waals surface area contributed by atoms with Gasteiger partial charge in [0.2, 0.25) is 0 Å². The predicted octanol–water partition coefficient (Wildman–Crippen LogP) is 5.40. The number of ether oxygens (including phenoxy) is 4. The van der Waals surface area contributed by atoms with Crippen LogP contribution in [0, 0.1) is 0 Å². The highest BCUT2D eigenvalue weighted by Gasteiger charge is 2.16. The van der Waals surface area contributed by atoms with E-state index >= 15 is 0 Å². The van der Waals surface area contributed by atoms with Crippen molar-refractivity contribution in [3.05, 3.63) is 90.1 Å². The number of benzene rings is 3. The molecule has 1 aromatic heterocycles. The lowest BCUT2D eigenvalue weighted by Gasteiger charge is -2.15. The highest BCUT2D eigenvalue weighted by Crippen LogP contribution is 2.38. The van der Waals surface area contributed by atoms with E-state index in [-0.39, 0.29) is 0 Å². The van der Waals surface area contributed by atoms with Crippen molar-refractivity contribution in [1.82, 2.24) is 4.98 Å². The summed E-state index contributed by atoms with van der Waals surface area (Å²) in [6.07, 6.45) is 1.64. The van der Waals surface area contributed by atoms with Crippen LogP contribution in [0.2, 0.25) is 0 Å². The highest BCUT2D eigenvalue weighted by molar-refractivity contribution is 5.93. The van der Waals surface area contributed by atoms with E-state index in [0.29, 0.717) is 40.7 Å². The summed E-state index contributed by atoms with van der Waals surface area (Å²) in [6.45, 7) is 0.408. The molecule has 156 valence electrons. The molecule has 6 nitrogen and oxygen atoms in total. The molecule has 0 bridgehead atoms. The van der Waals surface area contributed by atoms with Crippen LogP contribution < -0.4 is 14.2 Å². The molecule has 31 heavy (non-hydrogen) atoms. The van der Waals surface area contributed by atoms with Gasteiger partial charge in [-0.2, -0.15) is 0 Å². The summed E-state index contributed by atoms with van der Waals surface area (Å²) in [6, 6.07) is 22.2. The van der Waals surface area contributed by atoms with E-state index < -0.39 is 5.97 Å². The summed E-state index contributed by atoms with van der Waals surface area (Å²) >= 11 is 0. The van der Waals surface area contributed by atoms with Crippen molar-refractivity contribution in [3.8, 4) is 23.0 Å². The maximum Gasteiger partial charge on any atom is 0.341 e. The second kappa shape index (κ2) is 9.17. The zero-order valence-electron chi connectivity index (χ0n) is 17.2. The molecule has 0 saturated carbocycles. The lowest BCUT2D eigenvalue weighted by Crippen LogP contribution is -2.03. The molecule has 0 spiro atoms. The van der Waals surface area contributed by atoms with Crippen molar-refractivity contribution in [1.29, 1.82) is 0 Å². The van der Waals surface area contributed by atoms with E-state index in [0.717, 1.165) is 10.9 Å². The van der Waals surface area contributed by atoms with Crippen LogP contribution in [0.25, 0.3) is 10.9 Å². The van der Waals surface area contributed by atoms with Crippen LogP contribution in [0.4, 0.5) is 0 Å². The first-order chi connectivity index (χ1) is 15.2. The summed E-state index contributed by atoms with van der Waals surface area (Å²) in [5.74, 6) is 1.60. The Labute approximate surface area is 180 Å². The third-order valence-electron chi connectivity index (χ3n) is 4.74. The van der Waals surface area contributed by atoms with Gasteiger partial charge in [-0.1, -0.05) is 42.5 Å². The van der Waals surface area contributed by atoms with Crippen LogP contribution in [0.15, 0.2) is 79.0 Å². The van der Waals surface area contributed by atoms with Crippen LogP contribution in [0.1, 0.15) is 15.9 Å². The molecule has 0 radical (unpaired) electrons.